The van der Waals surface area contributed by atoms with Gasteiger partial charge in [0, 0.05) is 17.3 Å². The number of carbonyl (C=O) groups excluding carboxylic acids is 1. The minimum absolute atomic E-state index is 0.0447. The summed E-state index contributed by atoms with van der Waals surface area (Å²) in [7, 11) is 3.99. The fourth-order valence-corrected chi connectivity index (χ4v) is 4.03. The van der Waals surface area contributed by atoms with E-state index in [0.717, 1.165) is 21.8 Å². The fraction of sp³-hybridized carbons (Fsp3) is 0.286. The van der Waals surface area contributed by atoms with Crippen molar-refractivity contribution in [1.82, 2.24) is 10.2 Å². The highest BCUT2D eigenvalue weighted by Crippen LogP contribution is 2.34. The Morgan fingerprint density at radius 3 is 2.56 bits per heavy atom. The maximum atomic E-state index is 12.8. The molecule has 2 aromatic rings. The number of ether oxygens (including phenoxy) is 1. The van der Waals surface area contributed by atoms with Crippen LogP contribution >= 0.6 is 23.4 Å². The Bertz CT molecular complexity index is 807. The molecule has 0 bridgehead atoms. The molecule has 6 heteroatoms. The Morgan fingerprint density at radius 1 is 1.19 bits per heavy atom. The fourth-order valence-electron chi connectivity index (χ4n) is 2.94. The number of rotatable bonds is 6. The van der Waals surface area contributed by atoms with E-state index in [0.29, 0.717) is 23.9 Å². The van der Waals surface area contributed by atoms with Crippen LogP contribution in [0.2, 0.25) is 5.02 Å². The summed E-state index contributed by atoms with van der Waals surface area (Å²) < 4.78 is 5.74. The summed E-state index contributed by atoms with van der Waals surface area (Å²) in [6.45, 7) is 1.02. The maximum absolute atomic E-state index is 12.8. The lowest BCUT2D eigenvalue weighted by atomic mass is 10.1. The number of hydrogen-bond donors (Lipinski definition) is 1. The number of carbonyl (C=O) groups is 1. The minimum atomic E-state index is -0.179. The van der Waals surface area contributed by atoms with Crippen molar-refractivity contribution >= 4 is 34.2 Å². The highest BCUT2D eigenvalue weighted by atomic mass is 35.5. The standard InChI is InChI=1S/C21H23ClN2O2S/c1-24(2)18(15-8-10-17(22)11-9-15)14-23-21(25)19-20(27-13-12-26-19)16-6-4-3-5-7-16/h3-11,18H,12-14H2,1-2H3,(H,23,25). The van der Waals surface area contributed by atoms with Gasteiger partial charge in [-0.1, -0.05) is 54.1 Å². The summed E-state index contributed by atoms with van der Waals surface area (Å²) in [5, 5.41) is 3.74. The summed E-state index contributed by atoms with van der Waals surface area (Å²) in [6, 6.07) is 17.7. The molecule has 1 heterocycles. The van der Waals surface area contributed by atoms with Gasteiger partial charge >= 0.3 is 0 Å². The Balaban J connectivity index is 1.76. The van der Waals surface area contributed by atoms with Crippen LogP contribution in [0.4, 0.5) is 0 Å². The molecular formula is C21H23ClN2O2S. The lowest BCUT2D eigenvalue weighted by molar-refractivity contribution is -0.120. The Hall–Kier alpha value is -1.95. The van der Waals surface area contributed by atoms with Gasteiger partial charge in [-0.2, -0.15) is 0 Å². The zero-order valence-electron chi connectivity index (χ0n) is 15.4. The van der Waals surface area contributed by atoms with E-state index >= 15 is 0 Å². The van der Waals surface area contributed by atoms with Gasteiger partial charge in [-0.05, 0) is 37.4 Å². The predicted octanol–water partition coefficient (Wildman–Crippen LogP) is 4.19. The first kappa shape index (κ1) is 19.8. The molecular weight excluding hydrogens is 380 g/mol. The second-order valence-electron chi connectivity index (χ2n) is 6.46. The van der Waals surface area contributed by atoms with Crippen LogP contribution in [0.1, 0.15) is 17.2 Å². The first-order valence-electron chi connectivity index (χ1n) is 8.81. The van der Waals surface area contributed by atoms with Gasteiger partial charge in [0.25, 0.3) is 5.91 Å². The van der Waals surface area contributed by atoms with E-state index in [-0.39, 0.29) is 11.9 Å². The van der Waals surface area contributed by atoms with Crippen LogP contribution in [0.25, 0.3) is 4.91 Å². The monoisotopic (exact) mass is 402 g/mol. The number of likely N-dealkylation sites (N-methyl/N-ethyl adjacent to an activating group) is 1. The van der Waals surface area contributed by atoms with Crippen molar-refractivity contribution in [3.05, 3.63) is 76.5 Å². The number of benzene rings is 2. The third-order valence-corrected chi connectivity index (χ3v) is 5.69. The normalized spacial score (nSPS) is 15.4. The van der Waals surface area contributed by atoms with Crippen LogP contribution in [-0.2, 0) is 9.53 Å². The topological polar surface area (TPSA) is 41.6 Å². The molecule has 0 radical (unpaired) electrons. The van der Waals surface area contributed by atoms with Crippen molar-refractivity contribution in [3.8, 4) is 0 Å². The molecule has 1 amide bonds. The van der Waals surface area contributed by atoms with Crippen LogP contribution in [0.15, 0.2) is 60.4 Å². The molecule has 1 unspecified atom stereocenters. The molecule has 1 N–H and O–H groups in total. The summed E-state index contributed by atoms with van der Waals surface area (Å²) in [5.74, 6) is 1.07. The second kappa shape index (κ2) is 9.31. The zero-order chi connectivity index (χ0) is 19.2. The number of thioether (sulfide) groups is 1. The quantitative estimate of drug-likeness (QED) is 0.786. The molecule has 0 saturated carbocycles. The van der Waals surface area contributed by atoms with Gasteiger partial charge in [-0.3, -0.25) is 4.79 Å². The molecule has 0 aromatic heterocycles. The number of amides is 1. The van der Waals surface area contributed by atoms with Crippen molar-refractivity contribution in [2.75, 3.05) is 33.0 Å². The molecule has 142 valence electrons. The molecule has 0 fully saturated rings. The largest absolute Gasteiger partial charge is 0.486 e. The molecule has 1 aliphatic heterocycles. The molecule has 0 spiro atoms. The number of hydrogen-bond acceptors (Lipinski definition) is 4. The third-order valence-electron chi connectivity index (χ3n) is 4.36. The lowest BCUT2D eigenvalue weighted by Crippen LogP contribution is -2.36. The van der Waals surface area contributed by atoms with E-state index in [4.69, 9.17) is 16.3 Å². The summed E-state index contributed by atoms with van der Waals surface area (Å²) in [5.41, 5.74) is 2.11. The molecule has 0 aliphatic carbocycles. The van der Waals surface area contributed by atoms with Gasteiger partial charge < -0.3 is 15.0 Å². The number of nitrogens with one attached hydrogen (secondary N) is 1. The average Bonchev–Trinajstić information content (AvgIpc) is 2.70. The van der Waals surface area contributed by atoms with Crippen LogP contribution in [0, 0.1) is 0 Å². The summed E-state index contributed by atoms with van der Waals surface area (Å²) in [4.78, 5) is 15.8. The molecule has 1 aliphatic rings. The number of nitrogens with zero attached hydrogens (tertiary/aromatic N) is 1. The summed E-state index contributed by atoms with van der Waals surface area (Å²) >= 11 is 7.65. The first-order valence-corrected chi connectivity index (χ1v) is 10.2. The third kappa shape index (κ3) is 5.06. The molecule has 3 rings (SSSR count). The van der Waals surface area contributed by atoms with Crippen molar-refractivity contribution in [2.24, 2.45) is 0 Å². The van der Waals surface area contributed by atoms with E-state index in [1.165, 1.54) is 0 Å². The first-order chi connectivity index (χ1) is 13.1. The van der Waals surface area contributed by atoms with E-state index in [9.17, 15) is 4.79 Å². The highest BCUT2D eigenvalue weighted by Gasteiger charge is 2.24. The van der Waals surface area contributed by atoms with Gasteiger partial charge in [-0.25, -0.2) is 0 Å². The number of halogens is 1. The van der Waals surface area contributed by atoms with Crippen molar-refractivity contribution < 1.29 is 9.53 Å². The van der Waals surface area contributed by atoms with Crippen molar-refractivity contribution in [1.29, 1.82) is 0 Å². The smallest absolute Gasteiger partial charge is 0.287 e. The molecule has 4 nitrogen and oxygen atoms in total. The Labute approximate surface area is 169 Å². The molecule has 0 saturated heterocycles. The van der Waals surface area contributed by atoms with E-state index < -0.39 is 0 Å². The minimum Gasteiger partial charge on any atom is -0.486 e. The van der Waals surface area contributed by atoms with Crippen LogP contribution in [0.5, 0.6) is 0 Å². The second-order valence-corrected chi connectivity index (χ2v) is 8.00. The Morgan fingerprint density at radius 2 is 1.89 bits per heavy atom. The van der Waals surface area contributed by atoms with E-state index in [1.807, 2.05) is 68.7 Å². The SMILES string of the molecule is CN(C)C(CNC(=O)C1=C(c2ccccc2)SCCO1)c1ccc(Cl)cc1. The van der Waals surface area contributed by atoms with Gasteiger partial charge in [0.1, 0.15) is 0 Å². The zero-order valence-corrected chi connectivity index (χ0v) is 17.0. The van der Waals surface area contributed by atoms with Crippen molar-refractivity contribution in [2.45, 2.75) is 6.04 Å². The van der Waals surface area contributed by atoms with Gasteiger partial charge in [0.05, 0.1) is 17.6 Å². The lowest BCUT2D eigenvalue weighted by Gasteiger charge is -2.26. The highest BCUT2D eigenvalue weighted by molar-refractivity contribution is 8.08. The summed E-state index contributed by atoms with van der Waals surface area (Å²) in [6.07, 6.45) is 0. The molecule has 27 heavy (non-hydrogen) atoms. The van der Waals surface area contributed by atoms with Gasteiger partial charge in [0.15, 0.2) is 5.76 Å². The predicted molar refractivity (Wildman–Crippen MR) is 113 cm³/mol. The van der Waals surface area contributed by atoms with Crippen molar-refractivity contribution in [3.63, 3.8) is 0 Å². The molecule has 2 aromatic carbocycles. The van der Waals surface area contributed by atoms with Gasteiger partial charge in [0.2, 0.25) is 0 Å². The van der Waals surface area contributed by atoms with Crippen LogP contribution in [0.3, 0.4) is 0 Å². The maximum Gasteiger partial charge on any atom is 0.287 e. The van der Waals surface area contributed by atoms with Gasteiger partial charge in [-0.15, -0.1) is 11.8 Å². The van der Waals surface area contributed by atoms with Crippen LogP contribution in [-0.4, -0.2) is 43.8 Å². The average molecular weight is 403 g/mol. The molecule has 1 atom stereocenters. The Kier molecular flexibility index (Phi) is 6.83. The van der Waals surface area contributed by atoms with E-state index in [2.05, 4.69) is 10.2 Å². The van der Waals surface area contributed by atoms with Crippen LogP contribution < -0.4 is 5.32 Å². The van der Waals surface area contributed by atoms with E-state index in [1.54, 1.807) is 11.8 Å².